The molecule has 0 saturated carbocycles. The predicted octanol–water partition coefficient (Wildman–Crippen LogP) is 1.21. The van der Waals surface area contributed by atoms with E-state index in [-0.39, 0.29) is 36.2 Å². The third-order valence-electron chi connectivity index (χ3n) is 3.44. The highest BCUT2D eigenvalue weighted by atomic mass is 16.2. The molecule has 1 amide bonds. The molecule has 0 saturated heterocycles. The number of unbranched alkanes of at least 4 members (excludes halogenated alkanes) is 1. The first kappa shape index (κ1) is 19.1. The van der Waals surface area contributed by atoms with Crippen LogP contribution < -0.4 is 16.4 Å². The molecule has 5 heteroatoms. The lowest BCUT2D eigenvalue weighted by atomic mass is 10.1. The monoisotopic (exact) mass is 285 g/mol. The Morgan fingerprint density at radius 3 is 2.30 bits per heavy atom. The van der Waals surface area contributed by atoms with E-state index >= 15 is 0 Å². The van der Waals surface area contributed by atoms with Gasteiger partial charge in [0.2, 0.25) is 5.91 Å². The number of Topliss-reactive ketones (excluding diaryl/α,β-unsaturated/α-hetero) is 1. The van der Waals surface area contributed by atoms with Gasteiger partial charge in [-0.3, -0.25) is 9.59 Å². The highest BCUT2D eigenvalue weighted by Crippen LogP contribution is 2.04. The molecule has 20 heavy (non-hydrogen) atoms. The van der Waals surface area contributed by atoms with Crippen molar-refractivity contribution >= 4 is 11.7 Å². The van der Waals surface area contributed by atoms with Gasteiger partial charge in [0.15, 0.2) is 5.78 Å². The lowest BCUT2D eigenvalue weighted by Gasteiger charge is -2.22. The van der Waals surface area contributed by atoms with Crippen molar-refractivity contribution in [3.8, 4) is 0 Å². The summed E-state index contributed by atoms with van der Waals surface area (Å²) in [5, 5.41) is 6.05. The molecule has 0 aliphatic heterocycles. The third-order valence-corrected chi connectivity index (χ3v) is 3.44. The van der Waals surface area contributed by atoms with Crippen molar-refractivity contribution in [1.82, 2.24) is 10.6 Å². The van der Waals surface area contributed by atoms with Crippen molar-refractivity contribution in [2.24, 2.45) is 11.7 Å². The number of rotatable bonds is 11. The summed E-state index contributed by atoms with van der Waals surface area (Å²) in [6, 6.07) is 0.0425. The van der Waals surface area contributed by atoms with Crippen molar-refractivity contribution in [2.75, 3.05) is 13.1 Å². The summed E-state index contributed by atoms with van der Waals surface area (Å²) >= 11 is 0. The molecule has 5 nitrogen and oxygen atoms in total. The Bertz CT molecular complexity index is 293. The number of nitrogens with two attached hydrogens (primary N) is 1. The highest BCUT2D eigenvalue weighted by molar-refractivity contribution is 5.89. The molecule has 2 atom stereocenters. The normalized spacial score (nSPS) is 14.1. The SMILES string of the molecule is CCC(C)NC(CCCCN)C(=O)NCC(=O)C(C)C. The maximum Gasteiger partial charge on any atom is 0.237 e. The van der Waals surface area contributed by atoms with E-state index in [1.54, 1.807) is 0 Å². The van der Waals surface area contributed by atoms with E-state index < -0.39 is 0 Å². The first-order chi connectivity index (χ1) is 9.42. The fraction of sp³-hybridized carbons (Fsp3) is 0.867. The first-order valence-corrected chi connectivity index (χ1v) is 7.68. The Kier molecular flexibility index (Phi) is 10.3. The highest BCUT2D eigenvalue weighted by Gasteiger charge is 2.20. The Morgan fingerprint density at radius 2 is 1.80 bits per heavy atom. The molecule has 0 fully saturated rings. The van der Waals surface area contributed by atoms with Gasteiger partial charge in [-0.15, -0.1) is 0 Å². The van der Waals surface area contributed by atoms with Gasteiger partial charge >= 0.3 is 0 Å². The number of hydrogen-bond donors (Lipinski definition) is 3. The van der Waals surface area contributed by atoms with Crippen molar-refractivity contribution in [3.05, 3.63) is 0 Å². The Labute approximate surface area is 123 Å². The summed E-state index contributed by atoms with van der Waals surface area (Å²) < 4.78 is 0. The lowest BCUT2D eigenvalue weighted by Crippen LogP contribution is -2.48. The molecule has 118 valence electrons. The zero-order chi connectivity index (χ0) is 15.5. The van der Waals surface area contributed by atoms with Crippen molar-refractivity contribution < 1.29 is 9.59 Å². The molecule has 0 heterocycles. The lowest BCUT2D eigenvalue weighted by molar-refractivity contribution is -0.127. The summed E-state index contributed by atoms with van der Waals surface area (Å²) in [7, 11) is 0. The molecule has 0 aromatic carbocycles. The molecular weight excluding hydrogens is 254 g/mol. The Morgan fingerprint density at radius 1 is 1.15 bits per heavy atom. The summed E-state index contributed by atoms with van der Waals surface area (Å²) in [5.41, 5.74) is 5.48. The number of carbonyl (C=O) groups is 2. The second kappa shape index (κ2) is 10.8. The summed E-state index contributed by atoms with van der Waals surface area (Å²) in [4.78, 5) is 23.7. The molecule has 0 rings (SSSR count). The fourth-order valence-corrected chi connectivity index (χ4v) is 1.75. The second-order valence-electron chi connectivity index (χ2n) is 5.65. The maximum absolute atomic E-state index is 12.2. The molecule has 4 N–H and O–H groups in total. The van der Waals surface area contributed by atoms with Gasteiger partial charge in [0.1, 0.15) is 0 Å². The minimum atomic E-state index is -0.239. The number of amides is 1. The average Bonchev–Trinajstić information content (AvgIpc) is 2.42. The zero-order valence-electron chi connectivity index (χ0n) is 13.4. The number of nitrogens with one attached hydrogen (secondary N) is 2. The molecule has 0 bridgehead atoms. The van der Waals surface area contributed by atoms with Gasteiger partial charge in [0.05, 0.1) is 12.6 Å². The maximum atomic E-state index is 12.2. The summed E-state index contributed by atoms with van der Waals surface area (Å²) in [5.74, 6) is -0.0764. The van der Waals surface area contributed by atoms with E-state index in [2.05, 4.69) is 24.5 Å². The largest absolute Gasteiger partial charge is 0.348 e. The quantitative estimate of drug-likeness (QED) is 0.498. The smallest absolute Gasteiger partial charge is 0.237 e. The van der Waals surface area contributed by atoms with Gasteiger partial charge in [0.25, 0.3) is 0 Å². The predicted molar refractivity (Wildman–Crippen MR) is 82.4 cm³/mol. The zero-order valence-corrected chi connectivity index (χ0v) is 13.4. The molecular formula is C15H31N3O2. The molecule has 0 aliphatic carbocycles. The Balaban J connectivity index is 4.34. The molecule has 0 aliphatic rings. The molecule has 0 aromatic rings. The van der Waals surface area contributed by atoms with Crippen LogP contribution in [0.25, 0.3) is 0 Å². The number of carbonyl (C=O) groups excluding carboxylic acids is 2. The summed E-state index contributed by atoms with van der Waals surface area (Å²) in [6.45, 7) is 8.57. The van der Waals surface area contributed by atoms with Gasteiger partial charge in [-0.25, -0.2) is 0 Å². The average molecular weight is 285 g/mol. The van der Waals surface area contributed by atoms with Crippen molar-refractivity contribution in [3.63, 3.8) is 0 Å². The summed E-state index contributed by atoms with van der Waals surface area (Å²) in [6.07, 6.45) is 3.54. The van der Waals surface area contributed by atoms with Crippen LogP contribution in [0.3, 0.4) is 0 Å². The van der Waals surface area contributed by atoms with Crippen LogP contribution in [0, 0.1) is 5.92 Å². The molecule has 0 aromatic heterocycles. The van der Waals surface area contributed by atoms with E-state index in [1.807, 2.05) is 13.8 Å². The van der Waals surface area contributed by atoms with Crippen LogP contribution in [0.5, 0.6) is 0 Å². The minimum absolute atomic E-state index is 0.0477. The van der Waals surface area contributed by atoms with Gasteiger partial charge in [-0.05, 0) is 32.7 Å². The van der Waals surface area contributed by atoms with Crippen LogP contribution in [0.4, 0.5) is 0 Å². The molecule has 0 spiro atoms. The van der Waals surface area contributed by atoms with Crippen LogP contribution in [-0.4, -0.2) is 36.9 Å². The van der Waals surface area contributed by atoms with Crippen molar-refractivity contribution in [1.29, 1.82) is 0 Å². The standard InChI is InChI=1S/C15H31N3O2/c1-5-12(4)18-13(8-6-7-9-16)15(20)17-10-14(19)11(2)3/h11-13,18H,5-10,16H2,1-4H3,(H,17,20). The van der Waals surface area contributed by atoms with E-state index in [0.29, 0.717) is 6.54 Å². The third kappa shape index (κ3) is 8.27. The Hall–Kier alpha value is -0.940. The molecule has 0 radical (unpaired) electrons. The topological polar surface area (TPSA) is 84.2 Å². The van der Waals surface area contributed by atoms with Crippen LogP contribution in [0.1, 0.15) is 53.4 Å². The molecule has 2 unspecified atom stereocenters. The van der Waals surface area contributed by atoms with E-state index in [9.17, 15) is 9.59 Å². The van der Waals surface area contributed by atoms with E-state index in [1.165, 1.54) is 0 Å². The fourth-order valence-electron chi connectivity index (χ4n) is 1.75. The van der Waals surface area contributed by atoms with Gasteiger partial charge in [-0.2, -0.15) is 0 Å². The number of ketones is 1. The van der Waals surface area contributed by atoms with E-state index in [4.69, 9.17) is 5.73 Å². The van der Waals surface area contributed by atoms with Gasteiger partial charge < -0.3 is 16.4 Å². The second-order valence-corrected chi connectivity index (χ2v) is 5.65. The number of hydrogen-bond acceptors (Lipinski definition) is 4. The first-order valence-electron chi connectivity index (χ1n) is 7.68. The van der Waals surface area contributed by atoms with Crippen LogP contribution in [0.15, 0.2) is 0 Å². The van der Waals surface area contributed by atoms with Crippen molar-refractivity contribution in [2.45, 2.75) is 65.5 Å². The van der Waals surface area contributed by atoms with E-state index in [0.717, 1.165) is 25.7 Å². The van der Waals surface area contributed by atoms with Gasteiger partial charge in [-0.1, -0.05) is 27.2 Å². The van der Waals surface area contributed by atoms with Crippen LogP contribution >= 0.6 is 0 Å². The van der Waals surface area contributed by atoms with Crippen LogP contribution in [-0.2, 0) is 9.59 Å². The minimum Gasteiger partial charge on any atom is -0.348 e. The van der Waals surface area contributed by atoms with Gasteiger partial charge in [0, 0.05) is 12.0 Å². The van der Waals surface area contributed by atoms with Crippen LogP contribution in [0.2, 0.25) is 0 Å².